The second-order valence-corrected chi connectivity index (χ2v) is 6.85. The number of aliphatic hydroxyl groups excluding tert-OH is 1. The van der Waals surface area contributed by atoms with Crippen LogP contribution in [-0.2, 0) is 0 Å². The Morgan fingerprint density at radius 3 is 2.52 bits per heavy atom. The Labute approximate surface area is 130 Å². The molecule has 1 aliphatic carbocycles. The Hall–Kier alpha value is -1.11. The number of nitrogens with zero attached hydrogens (tertiary/aromatic N) is 1. The summed E-state index contributed by atoms with van der Waals surface area (Å²) in [6, 6.07) is 6.38. The number of halogens is 2. The highest BCUT2D eigenvalue weighted by molar-refractivity contribution is 6.30. The molecular weight excluding hydrogens is 289 g/mol. The van der Waals surface area contributed by atoms with E-state index in [1.807, 2.05) is 0 Å². The van der Waals surface area contributed by atoms with Gasteiger partial charge in [-0.1, -0.05) is 25.4 Å². The van der Waals surface area contributed by atoms with Gasteiger partial charge in [0.15, 0.2) is 0 Å². The highest BCUT2D eigenvalue weighted by Gasteiger charge is 2.43. The summed E-state index contributed by atoms with van der Waals surface area (Å²) in [7, 11) is 0. The van der Waals surface area contributed by atoms with Gasteiger partial charge in [-0.3, -0.25) is 0 Å². The van der Waals surface area contributed by atoms with Crippen molar-refractivity contribution in [1.82, 2.24) is 0 Å². The lowest BCUT2D eigenvalue weighted by Crippen LogP contribution is -2.34. The summed E-state index contributed by atoms with van der Waals surface area (Å²) in [5.41, 5.74) is -0.774. The third-order valence-electron chi connectivity index (χ3n) is 4.86. The van der Waals surface area contributed by atoms with Crippen LogP contribution in [-0.4, -0.2) is 5.11 Å². The monoisotopic (exact) mass is 309 g/mol. The number of aliphatic hydroxyl groups is 1. The quantitative estimate of drug-likeness (QED) is 0.865. The lowest BCUT2D eigenvalue weighted by Gasteiger charge is -2.39. The molecule has 0 amide bonds. The fraction of sp³-hybridized carbons (Fsp3) is 0.588. The molecule has 114 valence electrons. The van der Waals surface area contributed by atoms with Crippen molar-refractivity contribution in [2.75, 3.05) is 0 Å². The Kier molecular flexibility index (Phi) is 4.91. The van der Waals surface area contributed by atoms with Crippen molar-refractivity contribution < 1.29 is 9.50 Å². The van der Waals surface area contributed by atoms with E-state index in [0.29, 0.717) is 29.7 Å². The van der Waals surface area contributed by atoms with Gasteiger partial charge in [-0.25, -0.2) is 4.39 Å². The smallest absolute Gasteiger partial charge is 0.129 e. The normalized spacial score (nSPS) is 27.4. The van der Waals surface area contributed by atoms with E-state index in [1.165, 1.54) is 18.2 Å². The molecule has 1 aromatic carbocycles. The Balaban J connectivity index is 2.26. The van der Waals surface area contributed by atoms with Gasteiger partial charge >= 0.3 is 0 Å². The van der Waals surface area contributed by atoms with Gasteiger partial charge in [-0.2, -0.15) is 5.26 Å². The second kappa shape index (κ2) is 6.34. The summed E-state index contributed by atoms with van der Waals surface area (Å²) in [5.74, 6) is 0.636. The minimum atomic E-state index is -1.13. The van der Waals surface area contributed by atoms with Crippen LogP contribution < -0.4 is 0 Å². The fourth-order valence-corrected chi connectivity index (χ4v) is 3.47. The molecule has 1 N–H and O–H groups in total. The van der Waals surface area contributed by atoms with E-state index in [-0.39, 0.29) is 5.56 Å². The summed E-state index contributed by atoms with van der Waals surface area (Å²) in [6.45, 7) is 4.36. The number of hydrogen-bond donors (Lipinski definition) is 1. The Morgan fingerprint density at radius 2 is 2.00 bits per heavy atom. The highest BCUT2D eigenvalue weighted by Crippen LogP contribution is 2.49. The predicted molar refractivity (Wildman–Crippen MR) is 81.2 cm³/mol. The van der Waals surface area contributed by atoms with Gasteiger partial charge in [0.2, 0.25) is 0 Å². The molecule has 1 atom stereocenters. The molecule has 0 radical (unpaired) electrons. The Morgan fingerprint density at radius 1 is 1.38 bits per heavy atom. The molecule has 0 bridgehead atoms. The third-order valence-corrected chi connectivity index (χ3v) is 5.10. The molecule has 1 aromatic rings. The van der Waals surface area contributed by atoms with Crippen molar-refractivity contribution in [3.05, 3.63) is 34.6 Å². The van der Waals surface area contributed by atoms with Crippen molar-refractivity contribution in [3.63, 3.8) is 0 Å². The van der Waals surface area contributed by atoms with Crippen LogP contribution in [0.15, 0.2) is 18.2 Å². The minimum absolute atomic E-state index is 0.132. The number of rotatable bonds is 3. The highest BCUT2D eigenvalue weighted by atomic mass is 35.5. The van der Waals surface area contributed by atoms with Crippen LogP contribution in [0.25, 0.3) is 0 Å². The number of hydrogen-bond acceptors (Lipinski definition) is 2. The van der Waals surface area contributed by atoms with Gasteiger partial charge in [-0.05, 0) is 55.7 Å². The van der Waals surface area contributed by atoms with Crippen LogP contribution in [0.5, 0.6) is 0 Å². The van der Waals surface area contributed by atoms with E-state index in [9.17, 15) is 14.8 Å². The van der Waals surface area contributed by atoms with Crippen LogP contribution in [0.3, 0.4) is 0 Å². The van der Waals surface area contributed by atoms with Crippen molar-refractivity contribution >= 4 is 11.6 Å². The molecule has 2 rings (SSSR count). The first kappa shape index (κ1) is 16.3. The van der Waals surface area contributed by atoms with Crippen molar-refractivity contribution in [1.29, 1.82) is 5.26 Å². The lowest BCUT2D eigenvalue weighted by molar-refractivity contribution is 0.0168. The summed E-state index contributed by atoms with van der Waals surface area (Å²) in [5, 5.41) is 20.6. The molecular formula is C17H21ClFNO. The summed E-state index contributed by atoms with van der Waals surface area (Å²) < 4.78 is 14.0. The largest absolute Gasteiger partial charge is 0.387 e. The van der Waals surface area contributed by atoms with Gasteiger partial charge in [0.1, 0.15) is 11.9 Å². The minimum Gasteiger partial charge on any atom is -0.387 e. The zero-order chi connectivity index (χ0) is 15.6. The maximum atomic E-state index is 14.0. The van der Waals surface area contributed by atoms with Gasteiger partial charge in [0, 0.05) is 10.6 Å². The van der Waals surface area contributed by atoms with E-state index in [0.717, 1.165) is 12.8 Å². The van der Waals surface area contributed by atoms with E-state index < -0.39 is 17.3 Å². The molecule has 1 saturated carbocycles. The van der Waals surface area contributed by atoms with Gasteiger partial charge in [0.25, 0.3) is 0 Å². The van der Waals surface area contributed by atoms with E-state index in [1.54, 1.807) is 0 Å². The van der Waals surface area contributed by atoms with E-state index in [2.05, 4.69) is 19.9 Å². The molecule has 1 aliphatic rings. The van der Waals surface area contributed by atoms with Crippen LogP contribution in [0.2, 0.25) is 5.02 Å². The first-order valence-electron chi connectivity index (χ1n) is 7.44. The van der Waals surface area contributed by atoms with Crippen LogP contribution in [0.4, 0.5) is 4.39 Å². The first-order chi connectivity index (χ1) is 9.89. The lowest BCUT2D eigenvalue weighted by atomic mass is 9.65. The SMILES string of the molecule is CC(C)C1CCC(C#N)(C(O)c2cc(Cl)ccc2F)CC1. The zero-order valence-corrected chi connectivity index (χ0v) is 13.2. The average molecular weight is 310 g/mol. The molecule has 0 aromatic heterocycles. The molecule has 0 heterocycles. The molecule has 4 heteroatoms. The number of nitriles is 1. The van der Waals surface area contributed by atoms with Crippen LogP contribution in [0, 0.1) is 34.4 Å². The fourth-order valence-electron chi connectivity index (χ4n) is 3.29. The molecule has 0 aliphatic heterocycles. The van der Waals surface area contributed by atoms with E-state index >= 15 is 0 Å². The van der Waals surface area contributed by atoms with Crippen molar-refractivity contribution in [3.8, 4) is 6.07 Å². The molecule has 0 saturated heterocycles. The van der Waals surface area contributed by atoms with Crippen molar-refractivity contribution in [2.24, 2.45) is 17.3 Å². The molecule has 1 unspecified atom stereocenters. The molecule has 1 fully saturated rings. The maximum Gasteiger partial charge on any atom is 0.129 e. The summed E-state index contributed by atoms with van der Waals surface area (Å²) in [4.78, 5) is 0. The van der Waals surface area contributed by atoms with Crippen LogP contribution in [0.1, 0.15) is 51.2 Å². The molecule has 21 heavy (non-hydrogen) atoms. The Bertz CT molecular complexity index is 544. The first-order valence-corrected chi connectivity index (χ1v) is 7.81. The van der Waals surface area contributed by atoms with Gasteiger partial charge in [-0.15, -0.1) is 0 Å². The van der Waals surface area contributed by atoms with Crippen LogP contribution >= 0.6 is 11.6 Å². The topological polar surface area (TPSA) is 44.0 Å². The standard InChI is InChI=1S/C17H21ClFNO/c1-11(2)12-5-7-17(10-20,8-6-12)16(21)14-9-13(18)3-4-15(14)19/h3-4,9,11-12,16,21H,5-8H2,1-2H3. The zero-order valence-electron chi connectivity index (χ0n) is 12.4. The van der Waals surface area contributed by atoms with Gasteiger partial charge in [0.05, 0.1) is 11.5 Å². The number of benzene rings is 1. The molecule has 0 spiro atoms. The molecule has 2 nitrogen and oxygen atoms in total. The van der Waals surface area contributed by atoms with E-state index in [4.69, 9.17) is 11.6 Å². The van der Waals surface area contributed by atoms with Crippen molar-refractivity contribution in [2.45, 2.75) is 45.6 Å². The van der Waals surface area contributed by atoms with Gasteiger partial charge < -0.3 is 5.11 Å². The third kappa shape index (κ3) is 3.22. The maximum absolute atomic E-state index is 14.0. The predicted octanol–water partition coefficient (Wildman–Crippen LogP) is 4.87. The summed E-state index contributed by atoms with van der Waals surface area (Å²) in [6.07, 6.45) is 1.85. The second-order valence-electron chi connectivity index (χ2n) is 6.42. The average Bonchev–Trinajstić information content (AvgIpc) is 2.49. The summed E-state index contributed by atoms with van der Waals surface area (Å²) >= 11 is 5.89.